The molecule has 2 saturated carbocycles. The van der Waals surface area contributed by atoms with Crippen LogP contribution in [0.25, 0.3) is 0 Å². The summed E-state index contributed by atoms with van der Waals surface area (Å²) < 4.78 is 5.54. The molecule has 0 heterocycles. The minimum atomic E-state index is -0.0185. The van der Waals surface area contributed by atoms with E-state index in [4.69, 9.17) is 4.74 Å². The standard InChI is InChI=1S/C13H18O2/c1-2-13(14)15-12-7-8-6-11(12)10-5-3-4-9(8)10/h3-4,8-12H,2,5-7H2,1H3/t8-,9+,10-,11-,12+/m1/s1. The fraction of sp³-hybridized carbons (Fsp3) is 0.769. The van der Waals surface area contributed by atoms with Gasteiger partial charge in [0.2, 0.25) is 0 Å². The van der Waals surface area contributed by atoms with Crippen LogP contribution in [0.15, 0.2) is 12.2 Å². The second kappa shape index (κ2) is 3.36. The molecule has 15 heavy (non-hydrogen) atoms. The fourth-order valence-electron chi connectivity index (χ4n) is 3.88. The number of carbonyl (C=O) groups is 1. The second-order valence-corrected chi connectivity index (χ2v) is 5.18. The first-order valence-electron chi connectivity index (χ1n) is 6.15. The number of esters is 1. The van der Waals surface area contributed by atoms with E-state index in [9.17, 15) is 4.79 Å². The summed E-state index contributed by atoms with van der Waals surface area (Å²) in [6, 6.07) is 0. The summed E-state index contributed by atoms with van der Waals surface area (Å²) in [5.41, 5.74) is 0. The monoisotopic (exact) mass is 206 g/mol. The number of fused-ring (bicyclic) bond motifs is 5. The maximum atomic E-state index is 11.3. The zero-order valence-electron chi connectivity index (χ0n) is 9.19. The van der Waals surface area contributed by atoms with Gasteiger partial charge in [0.25, 0.3) is 0 Å². The topological polar surface area (TPSA) is 26.3 Å². The molecule has 3 aliphatic rings. The number of rotatable bonds is 2. The molecular formula is C13H18O2. The van der Waals surface area contributed by atoms with Crippen LogP contribution in [0, 0.1) is 23.7 Å². The van der Waals surface area contributed by atoms with Crippen molar-refractivity contribution in [2.75, 3.05) is 0 Å². The molecule has 0 aromatic carbocycles. The van der Waals surface area contributed by atoms with Crippen molar-refractivity contribution >= 4 is 5.97 Å². The van der Waals surface area contributed by atoms with Crippen LogP contribution in [0.3, 0.4) is 0 Å². The smallest absolute Gasteiger partial charge is 0.305 e. The lowest BCUT2D eigenvalue weighted by atomic mass is 9.80. The van der Waals surface area contributed by atoms with Gasteiger partial charge in [0.1, 0.15) is 6.10 Å². The average molecular weight is 206 g/mol. The zero-order chi connectivity index (χ0) is 10.4. The Morgan fingerprint density at radius 3 is 3.07 bits per heavy atom. The maximum absolute atomic E-state index is 11.3. The molecule has 3 rings (SSSR count). The first kappa shape index (κ1) is 9.44. The minimum absolute atomic E-state index is 0.0185. The van der Waals surface area contributed by atoms with Crippen LogP contribution in [-0.2, 0) is 9.53 Å². The Hall–Kier alpha value is -0.790. The Labute approximate surface area is 90.7 Å². The second-order valence-electron chi connectivity index (χ2n) is 5.18. The largest absolute Gasteiger partial charge is 0.462 e. The summed E-state index contributed by atoms with van der Waals surface area (Å²) in [6.45, 7) is 1.87. The minimum Gasteiger partial charge on any atom is -0.462 e. The van der Waals surface area contributed by atoms with E-state index in [2.05, 4.69) is 12.2 Å². The van der Waals surface area contributed by atoms with Crippen molar-refractivity contribution in [1.82, 2.24) is 0 Å². The van der Waals surface area contributed by atoms with Gasteiger partial charge in [-0.3, -0.25) is 4.79 Å². The van der Waals surface area contributed by atoms with E-state index in [-0.39, 0.29) is 12.1 Å². The van der Waals surface area contributed by atoms with Gasteiger partial charge in [0, 0.05) is 6.42 Å². The summed E-state index contributed by atoms with van der Waals surface area (Å²) in [6.07, 6.45) is 9.09. The summed E-state index contributed by atoms with van der Waals surface area (Å²) >= 11 is 0. The molecule has 0 saturated heterocycles. The van der Waals surface area contributed by atoms with Crippen molar-refractivity contribution < 1.29 is 9.53 Å². The third-order valence-corrected chi connectivity index (χ3v) is 4.51. The molecule has 2 bridgehead atoms. The van der Waals surface area contributed by atoms with Crippen LogP contribution >= 0.6 is 0 Å². The highest BCUT2D eigenvalue weighted by Gasteiger charge is 2.53. The van der Waals surface area contributed by atoms with Crippen LogP contribution in [0.4, 0.5) is 0 Å². The summed E-state index contributed by atoms with van der Waals surface area (Å²) in [5.74, 6) is 3.04. The van der Waals surface area contributed by atoms with E-state index in [1.165, 1.54) is 12.8 Å². The summed E-state index contributed by atoms with van der Waals surface area (Å²) in [4.78, 5) is 11.3. The lowest BCUT2D eigenvalue weighted by Gasteiger charge is -2.30. The number of ether oxygens (including phenoxy) is 1. The van der Waals surface area contributed by atoms with Crippen LogP contribution in [0.5, 0.6) is 0 Å². The van der Waals surface area contributed by atoms with E-state index in [0.29, 0.717) is 12.3 Å². The van der Waals surface area contributed by atoms with Gasteiger partial charge in [-0.25, -0.2) is 0 Å². The maximum Gasteiger partial charge on any atom is 0.305 e. The Bertz CT molecular complexity index is 308. The van der Waals surface area contributed by atoms with Crippen molar-refractivity contribution in [2.45, 2.75) is 38.7 Å². The van der Waals surface area contributed by atoms with Crippen LogP contribution < -0.4 is 0 Å². The predicted molar refractivity (Wildman–Crippen MR) is 57.1 cm³/mol. The Kier molecular flexibility index (Phi) is 2.11. The molecule has 2 nitrogen and oxygen atoms in total. The van der Waals surface area contributed by atoms with E-state index < -0.39 is 0 Å². The van der Waals surface area contributed by atoms with Gasteiger partial charge in [0.05, 0.1) is 0 Å². The highest BCUT2D eigenvalue weighted by molar-refractivity contribution is 5.69. The van der Waals surface area contributed by atoms with Gasteiger partial charge >= 0.3 is 5.97 Å². The number of hydrogen-bond acceptors (Lipinski definition) is 2. The van der Waals surface area contributed by atoms with Gasteiger partial charge in [-0.2, -0.15) is 0 Å². The van der Waals surface area contributed by atoms with Gasteiger partial charge in [-0.05, 0) is 42.9 Å². The molecular weight excluding hydrogens is 188 g/mol. The zero-order valence-corrected chi connectivity index (χ0v) is 9.19. The quantitative estimate of drug-likeness (QED) is 0.512. The van der Waals surface area contributed by atoms with E-state index >= 15 is 0 Å². The van der Waals surface area contributed by atoms with Gasteiger partial charge < -0.3 is 4.74 Å². The van der Waals surface area contributed by atoms with E-state index in [0.717, 1.165) is 24.2 Å². The Morgan fingerprint density at radius 1 is 1.40 bits per heavy atom. The van der Waals surface area contributed by atoms with Crippen molar-refractivity contribution in [3.8, 4) is 0 Å². The summed E-state index contributed by atoms with van der Waals surface area (Å²) in [7, 11) is 0. The highest BCUT2D eigenvalue weighted by atomic mass is 16.5. The molecule has 82 valence electrons. The molecule has 0 unspecified atom stereocenters. The van der Waals surface area contributed by atoms with Crippen molar-refractivity contribution in [3.63, 3.8) is 0 Å². The number of carbonyl (C=O) groups excluding carboxylic acids is 1. The molecule has 3 aliphatic carbocycles. The molecule has 0 aliphatic heterocycles. The summed E-state index contributed by atoms with van der Waals surface area (Å²) in [5, 5.41) is 0. The number of allylic oxidation sites excluding steroid dienone is 2. The van der Waals surface area contributed by atoms with Crippen molar-refractivity contribution in [3.05, 3.63) is 12.2 Å². The van der Waals surface area contributed by atoms with Gasteiger partial charge in [0.15, 0.2) is 0 Å². The molecule has 0 N–H and O–H groups in total. The van der Waals surface area contributed by atoms with Crippen molar-refractivity contribution in [1.29, 1.82) is 0 Å². The third kappa shape index (κ3) is 1.34. The molecule has 0 aromatic rings. The first-order chi connectivity index (χ1) is 7.29. The van der Waals surface area contributed by atoms with Crippen molar-refractivity contribution in [2.24, 2.45) is 23.7 Å². The van der Waals surface area contributed by atoms with E-state index in [1.54, 1.807) is 0 Å². The first-order valence-corrected chi connectivity index (χ1v) is 6.15. The molecule has 0 radical (unpaired) electrons. The molecule has 0 aromatic heterocycles. The Balaban J connectivity index is 1.69. The van der Waals surface area contributed by atoms with Crippen LogP contribution in [0.1, 0.15) is 32.6 Å². The molecule has 0 spiro atoms. The predicted octanol–water partition coefficient (Wildman–Crippen LogP) is 2.54. The molecule has 2 fully saturated rings. The van der Waals surface area contributed by atoms with Crippen LogP contribution in [-0.4, -0.2) is 12.1 Å². The molecule has 0 amide bonds. The number of hydrogen-bond donors (Lipinski definition) is 0. The third-order valence-electron chi connectivity index (χ3n) is 4.51. The lowest BCUT2D eigenvalue weighted by Crippen LogP contribution is -2.32. The SMILES string of the molecule is CCC(=O)O[C@H]1C[C@H]2C[C@@H]1[C@@H]1CC=C[C@@H]21. The van der Waals surface area contributed by atoms with Crippen LogP contribution in [0.2, 0.25) is 0 Å². The molecule has 5 atom stereocenters. The lowest BCUT2D eigenvalue weighted by molar-refractivity contribution is -0.152. The van der Waals surface area contributed by atoms with Gasteiger partial charge in [-0.1, -0.05) is 19.1 Å². The van der Waals surface area contributed by atoms with Gasteiger partial charge in [-0.15, -0.1) is 0 Å². The average Bonchev–Trinajstić information content (AvgIpc) is 2.87. The van der Waals surface area contributed by atoms with E-state index in [1.807, 2.05) is 6.92 Å². The fourth-order valence-corrected chi connectivity index (χ4v) is 3.88. The molecule has 2 heteroatoms. The highest BCUT2D eigenvalue weighted by Crippen LogP contribution is 2.57. The Morgan fingerprint density at radius 2 is 2.27 bits per heavy atom. The normalized spacial score (nSPS) is 45.8.